The number of likely N-dealkylation sites (tertiary alicyclic amines) is 1. The van der Waals surface area contributed by atoms with Crippen LogP contribution in [0.1, 0.15) is 64.2 Å². The van der Waals surface area contributed by atoms with Gasteiger partial charge in [0.25, 0.3) is 0 Å². The van der Waals surface area contributed by atoms with Crippen LogP contribution in [0.3, 0.4) is 0 Å². The predicted octanol–water partition coefficient (Wildman–Crippen LogP) is 2.81. The molecule has 1 N–H and O–H groups in total. The number of carbonyl (C=O) groups is 2. The van der Waals surface area contributed by atoms with Crippen LogP contribution >= 0.6 is 0 Å². The second-order valence-corrected chi connectivity index (χ2v) is 6.94. The Bertz CT molecular complexity index is 401. The van der Waals surface area contributed by atoms with E-state index in [0.29, 0.717) is 17.7 Å². The van der Waals surface area contributed by atoms with Crippen LogP contribution in [-0.4, -0.2) is 34.5 Å². The van der Waals surface area contributed by atoms with Crippen molar-refractivity contribution in [1.82, 2.24) is 4.90 Å². The van der Waals surface area contributed by atoms with E-state index in [1.165, 1.54) is 25.7 Å². The molecule has 0 aromatic heterocycles. The highest BCUT2D eigenvalue weighted by atomic mass is 16.4. The number of aliphatic carboxylic acids is 1. The van der Waals surface area contributed by atoms with Crippen molar-refractivity contribution in [2.24, 2.45) is 11.3 Å². The monoisotopic (exact) mass is 279 g/mol. The van der Waals surface area contributed by atoms with Gasteiger partial charge in [0, 0.05) is 24.9 Å². The molecule has 1 heterocycles. The van der Waals surface area contributed by atoms with Gasteiger partial charge in [0.1, 0.15) is 0 Å². The minimum atomic E-state index is -0.748. The van der Waals surface area contributed by atoms with Crippen LogP contribution in [0.2, 0.25) is 0 Å². The molecule has 3 aliphatic rings. The zero-order valence-corrected chi connectivity index (χ0v) is 12.1. The van der Waals surface area contributed by atoms with Crippen LogP contribution in [0, 0.1) is 11.3 Å². The van der Waals surface area contributed by atoms with E-state index in [1.807, 2.05) is 4.90 Å². The lowest BCUT2D eigenvalue weighted by Gasteiger charge is -2.36. The van der Waals surface area contributed by atoms with Crippen molar-refractivity contribution < 1.29 is 14.7 Å². The van der Waals surface area contributed by atoms with Crippen LogP contribution in [0.25, 0.3) is 0 Å². The molecule has 0 bridgehead atoms. The third-order valence-corrected chi connectivity index (χ3v) is 5.69. The number of carboxylic acids is 1. The molecule has 1 spiro atoms. The Labute approximate surface area is 120 Å². The molecule has 4 nitrogen and oxygen atoms in total. The van der Waals surface area contributed by atoms with Gasteiger partial charge in [0.05, 0.1) is 0 Å². The van der Waals surface area contributed by atoms with Gasteiger partial charge in [-0.2, -0.15) is 0 Å². The summed E-state index contributed by atoms with van der Waals surface area (Å²) >= 11 is 0. The highest BCUT2D eigenvalue weighted by Gasteiger charge is 2.59. The summed E-state index contributed by atoms with van der Waals surface area (Å²) in [4.78, 5) is 25.6. The molecule has 2 unspecified atom stereocenters. The molecule has 2 aliphatic carbocycles. The summed E-state index contributed by atoms with van der Waals surface area (Å²) in [6, 6.07) is 0.173. The first-order valence-corrected chi connectivity index (χ1v) is 8.15. The number of carbonyl (C=O) groups excluding carboxylic acids is 1. The Morgan fingerprint density at radius 3 is 2.60 bits per heavy atom. The second kappa shape index (κ2) is 5.38. The Hall–Kier alpha value is -1.06. The number of amides is 1. The summed E-state index contributed by atoms with van der Waals surface area (Å²) in [5.74, 6) is -0.154. The molecule has 2 saturated carbocycles. The zero-order valence-electron chi connectivity index (χ0n) is 12.1. The number of rotatable bonds is 4. The molecule has 0 aromatic rings. The van der Waals surface area contributed by atoms with Crippen LogP contribution in [-0.2, 0) is 9.59 Å². The van der Waals surface area contributed by atoms with Gasteiger partial charge in [0.2, 0.25) is 5.91 Å². The van der Waals surface area contributed by atoms with E-state index in [2.05, 4.69) is 0 Å². The summed E-state index contributed by atoms with van der Waals surface area (Å²) in [5, 5.41) is 8.85. The number of hydrogen-bond acceptors (Lipinski definition) is 2. The molecule has 3 rings (SSSR count). The SMILES string of the molecule is O=C(O)CCC1CCCCN1C(=O)C1CC12CCCC2. The average molecular weight is 279 g/mol. The normalized spacial score (nSPS) is 31.5. The number of hydrogen-bond donors (Lipinski definition) is 1. The van der Waals surface area contributed by atoms with Crippen molar-refractivity contribution >= 4 is 11.9 Å². The molecule has 1 amide bonds. The quantitative estimate of drug-likeness (QED) is 0.861. The summed E-state index contributed by atoms with van der Waals surface area (Å²) < 4.78 is 0. The molecule has 2 atom stereocenters. The third kappa shape index (κ3) is 2.57. The molecule has 3 fully saturated rings. The first kappa shape index (κ1) is 13.9. The van der Waals surface area contributed by atoms with Gasteiger partial charge in [-0.15, -0.1) is 0 Å². The maximum Gasteiger partial charge on any atom is 0.303 e. The van der Waals surface area contributed by atoms with E-state index < -0.39 is 5.97 Å². The van der Waals surface area contributed by atoms with Crippen molar-refractivity contribution in [3.8, 4) is 0 Å². The smallest absolute Gasteiger partial charge is 0.303 e. The van der Waals surface area contributed by atoms with Gasteiger partial charge in [-0.05, 0) is 50.4 Å². The molecule has 1 saturated heterocycles. The van der Waals surface area contributed by atoms with Gasteiger partial charge < -0.3 is 10.0 Å². The zero-order chi connectivity index (χ0) is 14.2. The highest BCUT2D eigenvalue weighted by Crippen LogP contribution is 2.63. The summed E-state index contributed by atoms with van der Waals surface area (Å²) in [7, 11) is 0. The van der Waals surface area contributed by atoms with E-state index in [9.17, 15) is 9.59 Å². The lowest BCUT2D eigenvalue weighted by molar-refractivity contribution is -0.141. The minimum absolute atomic E-state index is 0.173. The highest BCUT2D eigenvalue weighted by molar-refractivity contribution is 5.83. The van der Waals surface area contributed by atoms with Gasteiger partial charge in [-0.25, -0.2) is 0 Å². The Balaban J connectivity index is 1.61. The summed E-state index contributed by atoms with van der Waals surface area (Å²) in [5.41, 5.74) is 0.353. The van der Waals surface area contributed by atoms with Crippen molar-refractivity contribution in [3.63, 3.8) is 0 Å². The van der Waals surface area contributed by atoms with Gasteiger partial charge in [-0.3, -0.25) is 9.59 Å². The topological polar surface area (TPSA) is 57.6 Å². The first-order chi connectivity index (χ1) is 9.62. The van der Waals surface area contributed by atoms with Crippen LogP contribution < -0.4 is 0 Å². The van der Waals surface area contributed by atoms with Crippen LogP contribution in [0.15, 0.2) is 0 Å². The molecule has 0 radical (unpaired) electrons. The van der Waals surface area contributed by atoms with Gasteiger partial charge in [0.15, 0.2) is 0 Å². The second-order valence-electron chi connectivity index (χ2n) is 6.94. The number of carboxylic acid groups (broad SMARTS) is 1. The van der Waals surface area contributed by atoms with Gasteiger partial charge in [-0.1, -0.05) is 12.8 Å². The van der Waals surface area contributed by atoms with Crippen molar-refractivity contribution in [1.29, 1.82) is 0 Å². The maximum absolute atomic E-state index is 12.8. The molecule has 0 aromatic carbocycles. The average Bonchev–Trinajstić information content (AvgIpc) is 2.93. The van der Waals surface area contributed by atoms with E-state index in [0.717, 1.165) is 32.2 Å². The van der Waals surface area contributed by atoms with Crippen LogP contribution in [0.5, 0.6) is 0 Å². The fourth-order valence-corrected chi connectivity index (χ4v) is 4.41. The fourth-order valence-electron chi connectivity index (χ4n) is 4.41. The maximum atomic E-state index is 12.8. The Morgan fingerprint density at radius 2 is 1.90 bits per heavy atom. The van der Waals surface area contributed by atoms with Crippen molar-refractivity contribution in [3.05, 3.63) is 0 Å². The Kier molecular flexibility index (Phi) is 3.74. The van der Waals surface area contributed by atoms with Crippen molar-refractivity contribution in [2.45, 2.75) is 70.3 Å². The standard InChI is InChI=1S/C16H25NO3/c18-14(19)7-6-12-5-1-4-10-17(12)15(20)13-11-16(13)8-2-3-9-16/h12-13H,1-11H2,(H,18,19). The number of piperidine rings is 1. The third-order valence-electron chi connectivity index (χ3n) is 5.69. The van der Waals surface area contributed by atoms with E-state index in [1.54, 1.807) is 0 Å². The molecular weight excluding hydrogens is 254 g/mol. The largest absolute Gasteiger partial charge is 0.481 e. The van der Waals surface area contributed by atoms with E-state index in [4.69, 9.17) is 5.11 Å². The lowest BCUT2D eigenvalue weighted by atomic mass is 9.95. The van der Waals surface area contributed by atoms with Gasteiger partial charge >= 0.3 is 5.97 Å². The lowest BCUT2D eigenvalue weighted by Crippen LogP contribution is -2.45. The van der Waals surface area contributed by atoms with E-state index in [-0.39, 0.29) is 18.4 Å². The fraction of sp³-hybridized carbons (Fsp3) is 0.875. The van der Waals surface area contributed by atoms with Crippen molar-refractivity contribution in [2.75, 3.05) is 6.54 Å². The molecule has 112 valence electrons. The molecular formula is C16H25NO3. The first-order valence-electron chi connectivity index (χ1n) is 8.15. The summed E-state index contributed by atoms with van der Waals surface area (Å²) in [6.07, 6.45) is 10.1. The van der Waals surface area contributed by atoms with E-state index >= 15 is 0 Å². The minimum Gasteiger partial charge on any atom is -0.481 e. The molecule has 4 heteroatoms. The predicted molar refractivity (Wildman–Crippen MR) is 75.2 cm³/mol. The van der Waals surface area contributed by atoms with Crippen LogP contribution in [0.4, 0.5) is 0 Å². The number of nitrogens with zero attached hydrogens (tertiary/aromatic N) is 1. The Morgan fingerprint density at radius 1 is 1.15 bits per heavy atom. The molecule has 1 aliphatic heterocycles. The summed E-state index contributed by atoms with van der Waals surface area (Å²) in [6.45, 7) is 0.843. The molecule has 20 heavy (non-hydrogen) atoms.